The number of hydrogen-bond acceptors (Lipinski definition) is 8. The van der Waals surface area contributed by atoms with Crippen molar-refractivity contribution in [2.45, 2.75) is 10.9 Å². The van der Waals surface area contributed by atoms with E-state index in [1.165, 1.54) is 46.6 Å². The molecule has 0 bridgehead atoms. The molecule has 0 amide bonds. The van der Waals surface area contributed by atoms with Crippen molar-refractivity contribution in [3.63, 3.8) is 0 Å². The van der Waals surface area contributed by atoms with E-state index in [4.69, 9.17) is 4.52 Å². The van der Waals surface area contributed by atoms with Crippen LogP contribution in [0.5, 0.6) is 0 Å². The molecular formula is C19H11FN4O2S3. The lowest BCUT2D eigenvalue weighted by molar-refractivity contribution is 0.426. The van der Waals surface area contributed by atoms with Crippen LogP contribution >= 0.6 is 34.4 Å². The molecule has 144 valence electrons. The van der Waals surface area contributed by atoms with Crippen molar-refractivity contribution in [1.29, 1.82) is 0 Å². The molecule has 5 aromatic rings. The number of aromatic amines is 1. The van der Waals surface area contributed by atoms with Gasteiger partial charge in [0.25, 0.3) is 11.4 Å². The Balaban J connectivity index is 1.39. The molecule has 29 heavy (non-hydrogen) atoms. The molecule has 4 aromatic heterocycles. The highest BCUT2D eigenvalue weighted by atomic mass is 32.2. The molecule has 0 aliphatic heterocycles. The Hall–Kier alpha value is -2.82. The zero-order chi connectivity index (χ0) is 19.8. The lowest BCUT2D eigenvalue weighted by Gasteiger charge is -2.01. The van der Waals surface area contributed by atoms with Crippen molar-refractivity contribution in [3.8, 4) is 21.9 Å². The van der Waals surface area contributed by atoms with Crippen LogP contribution in [0.2, 0.25) is 0 Å². The van der Waals surface area contributed by atoms with Gasteiger partial charge in [0.1, 0.15) is 10.6 Å². The van der Waals surface area contributed by atoms with E-state index in [1.807, 2.05) is 22.9 Å². The first-order valence-corrected chi connectivity index (χ1v) is 11.2. The van der Waals surface area contributed by atoms with Gasteiger partial charge in [0.2, 0.25) is 0 Å². The van der Waals surface area contributed by atoms with Crippen LogP contribution in [0.25, 0.3) is 32.1 Å². The summed E-state index contributed by atoms with van der Waals surface area (Å²) in [7, 11) is 0. The molecule has 0 fully saturated rings. The number of aromatic nitrogens is 4. The minimum Gasteiger partial charge on any atom is -0.333 e. The van der Waals surface area contributed by atoms with Gasteiger partial charge in [-0.05, 0) is 29.1 Å². The van der Waals surface area contributed by atoms with Gasteiger partial charge in [-0.15, -0.1) is 22.7 Å². The number of nitrogens with one attached hydrogen (secondary N) is 1. The van der Waals surface area contributed by atoms with E-state index < -0.39 is 0 Å². The van der Waals surface area contributed by atoms with Crippen molar-refractivity contribution in [3.05, 3.63) is 69.2 Å². The third-order valence-electron chi connectivity index (χ3n) is 4.12. The second-order valence-electron chi connectivity index (χ2n) is 5.99. The lowest BCUT2D eigenvalue weighted by atomic mass is 10.1. The Bertz CT molecular complexity index is 1340. The smallest absolute Gasteiger partial charge is 0.268 e. The second kappa shape index (κ2) is 7.54. The fourth-order valence-corrected chi connectivity index (χ4v) is 5.14. The predicted octanol–water partition coefficient (Wildman–Crippen LogP) is 5.19. The van der Waals surface area contributed by atoms with Crippen LogP contribution in [0.4, 0.5) is 4.39 Å². The standard InChI is InChI=1S/C19H11FN4O2S3/c20-11-5-3-10(4-6-11)12-8-28-18-15(12)16(25)22-19(23-18)29-9-14-21-17(26-24-14)13-2-1-7-27-13/h1-8H,9H2,(H,22,23,25). The van der Waals surface area contributed by atoms with Crippen LogP contribution in [0.3, 0.4) is 0 Å². The number of benzene rings is 1. The normalized spacial score (nSPS) is 11.3. The van der Waals surface area contributed by atoms with Gasteiger partial charge in [0.05, 0.1) is 16.0 Å². The first-order chi connectivity index (χ1) is 14.2. The zero-order valence-corrected chi connectivity index (χ0v) is 17.0. The van der Waals surface area contributed by atoms with Crippen LogP contribution in [-0.2, 0) is 5.75 Å². The third kappa shape index (κ3) is 3.61. The van der Waals surface area contributed by atoms with E-state index in [-0.39, 0.29) is 11.4 Å². The average Bonchev–Trinajstić information content (AvgIpc) is 3.47. The van der Waals surface area contributed by atoms with E-state index in [1.54, 1.807) is 12.1 Å². The van der Waals surface area contributed by atoms with E-state index in [9.17, 15) is 9.18 Å². The molecule has 0 aliphatic rings. The molecule has 0 atom stereocenters. The molecule has 5 rings (SSSR count). The number of thiophene rings is 2. The van der Waals surface area contributed by atoms with Crippen LogP contribution in [-0.4, -0.2) is 20.1 Å². The molecule has 6 nitrogen and oxygen atoms in total. The second-order valence-corrected chi connectivity index (χ2v) is 8.76. The Kier molecular flexibility index (Phi) is 4.74. The molecule has 0 aliphatic carbocycles. The average molecular weight is 443 g/mol. The maximum Gasteiger partial charge on any atom is 0.268 e. The van der Waals surface area contributed by atoms with Gasteiger partial charge < -0.3 is 9.51 Å². The highest BCUT2D eigenvalue weighted by Gasteiger charge is 2.15. The first kappa shape index (κ1) is 18.2. The maximum absolute atomic E-state index is 13.2. The van der Waals surface area contributed by atoms with E-state index >= 15 is 0 Å². The third-order valence-corrected chi connectivity index (χ3v) is 6.71. The Morgan fingerprint density at radius 3 is 2.79 bits per heavy atom. The molecule has 4 heterocycles. The molecule has 0 radical (unpaired) electrons. The highest BCUT2D eigenvalue weighted by Crippen LogP contribution is 2.32. The first-order valence-electron chi connectivity index (χ1n) is 8.44. The van der Waals surface area contributed by atoms with Gasteiger partial charge in [-0.25, -0.2) is 9.37 Å². The zero-order valence-electron chi connectivity index (χ0n) is 14.6. The number of rotatable bonds is 5. The highest BCUT2D eigenvalue weighted by molar-refractivity contribution is 7.98. The SMILES string of the molecule is O=c1[nH]c(SCc2noc(-c3cccs3)n2)nc2scc(-c3ccc(F)cc3)c12. The lowest BCUT2D eigenvalue weighted by Crippen LogP contribution is -2.08. The fraction of sp³-hybridized carbons (Fsp3) is 0.0526. The van der Waals surface area contributed by atoms with Gasteiger partial charge in [-0.1, -0.05) is 35.1 Å². The largest absolute Gasteiger partial charge is 0.333 e. The molecule has 10 heteroatoms. The van der Waals surface area contributed by atoms with Crippen molar-refractivity contribution in [2.24, 2.45) is 0 Å². The van der Waals surface area contributed by atoms with E-state index in [0.717, 1.165) is 16.0 Å². The summed E-state index contributed by atoms with van der Waals surface area (Å²) in [6.07, 6.45) is 0. The van der Waals surface area contributed by atoms with Crippen LogP contribution in [0.1, 0.15) is 5.82 Å². The minimum absolute atomic E-state index is 0.231. The van der Waals surface area contributed by atoms with Gasteiger partial charge in [0.15, 0.2) is 11.0 Å². The maximum atomic E-state index is 13.2. The van der Waals surface area contributed by atoms with Crippen LogP contribution in [0, 0.1) is 5.82 Å². The minimum atomic E-state index is -0.317. The number of H-pyrrole nitrogens is 1. The number of nitrogens with zero attached hydrogens (tertiary/aromatic N) is 3. The van der Waals surface area contributed by atoms with Gasteiger partial charge in [-0.3, -0.25) is 4.79 Å². The van der Waals surface area contributed by atoms with Gasteiger partial charge in [-0.2, -0.15) is 4.98 Å². The predicted molar refractivity (Wildman–Crippen MR) is 113 cm³/mol. The molecule has 0 spiro atoms. The van der Waals surface area contributed by atoms with Gasteiger partial charge >= 0.3 is 0 Å². The van der Waals surface area contributed by atoms with Crippen LogP contribution < -0.4 is 5.56 Å². The molecule has 1 N–H and O–H groups in total. The van der Waals surface area contributed by atoms with Crippen molar-refractivity contribution in [1.82, 2.24) is 20.1 Å². The summed E-state index contributed by atoms with van der Waals surface area (Å²) in [4.78, 5) is 25.9. The summed E-state index contributed by atoms with van der Waals surface area (Å²) >= 11 is 4.23. The summed E-state index contributed by atoms with van der Waals surface area (Å²) < 4.78 is 18.5. The summed E-state index contributed by atoms with van der Waals surface area (Å²) in [5, 5.41) is 8.77. The number of thioether (sulfide) groups is 1. The molecular weight excluding hydrogens is 431 g/mol. The van der Waals surface area contributed by atoms with Crippen molar-refractivity contribution < 1.29 is 8.91 Å². The summed E-state index contributed by atoms with van der Waals surface area (Å²) in [5.41, 5.74) is 1.29. The number of fused-ring (bicyclic) bond motifs is 1. The monoisotopic (exact) mass is 442 g/mol. The van der Waals surface area contributed by atoms with E-state index in [2.05, 4.69) is 20.1 Å². The Morgan fingerprint density at radius 2 is 2.00 bits per heavy atom. The van der Waals surface area contributed by atoms with Crippen molar-refractivity contribution >= 4 is 44.7 Å². The Labute approximate surface area is 175 Å². The molecule has 0 saturated carbocycles. The summed E-state index contributed by atoms with van der Waals surface area (Å²) in [5.74, 6) is 1.11. The van der Waals surface area contributed by atoms with E-state index in [0.29, 0.717) is 32.8 Å². The van der Waals surface area contributed by atoms with Gasteiger partial charge in [0, 0.05) is 10.9 Å². The number of hydrogen-bond donors (Lipinski definition) is 1. The molecule has 0 unspecified atom stereocenters. The number of halogens is 1. The Morgan fingerprint density at radius 1 is 1.14 bits per heavy atom. The van der Waals surface area contributed by atoms with Crippen LogP contribution in [0.15, 0.2) is 61.6 Å². The molecule has 0 saturated heterocycles. The topological polar surface area (TPSA) is 84.7 Å². The summed E-state index contributed by atoms with van der Waals surface area (Å²) in [6.45, 7) is 0. The van der Waals surface area contributed by atoms with Crippen molar-refractivity contribution in [2.75, 3.05) is 0 Å². The summed E-state index contributed by atoms with van der Waals surface area (Å²) in [6, 6.07) is 9.89. The molecule has 1 aromatic carbocycles. The quantitative estimate of drug-likeness (QED) is 0.298. The fourth-order valence-electron chi connectivity index (χ4n) is 2.79.